The highest BCUT2D eigenvalue weighted by Gasteiger charge is 2.64. The molecule has 3 aliphatic rings. The molecule has 0 radical (unpaired) electrons. The van der Waals surface area contributed by atoms with Crippen LogP contribution in [0, 0.1) is 17.3 Å². The van der Waals surface area contributed by atoms with E-state index in [2.05, 4.69) is 20.4 Å². The Morgan fingerprint density at radius 2 is 1.94 bits per heavy atom. The zero-order chi connectivity index (χ0) is 13.0. The number of esters is 1. The fourth-order valence-corrected chi connectivity index (χ4v) is 3.53. The summed E-state index contributed by atoms with van der Waals surface area (Å²) in [7, 11) is 0. The fraction of sp³-hybridized carbons (Fsp3) is 0.786. The number of ether oxygens (including phenoxy) is 1. The molecular weight excluding hydrogens is 216 g/mol. The molecule has 96 valence electrons. The normalized spacial score (nSPS) is 42.5. The van der Waals surface area contributed by atoms with Crippen LogP contribution in [0.4, 0.5) is 0 Å². The Kier molecular flexibility index (Phi) is 2.66. The van der Waals surface area contributed by atoms with E-state index in [0.717, 1.165) is 12.8 Å². The van der Waals surface area contributed by atoms with Gasteiger partial charge in [0, 0.05) is 5.57 Å². The lowest BCUT2D eigenvalue weighted by molar-refractivity contribution is -0.252. The summed E-state index contributed by atoms with van der Waals surface area (Å²) in [5, 5.41) is 10.6. The van der Waals surface area contributed by atoms with Gasteiger partial charge in [-0.25, -0.2) is 4.79 Å². The van der Waals surface area contributed by atoms with Crippen molar-refractivity contribution in [3.05, 3.63) is 12.2 Å². The van der Waals surface area contributed by atoms with Gasteiger partial charge in [-0.3, -0.25) is 0 Å². The van der Waals surface area contributed by atoms with Gasteiger partial charge in [0.25, 0.3) is 0 Å². The first-order valence-corrected chi connectivity index (χ1v) is 6.26. The second-order valence-corrected chi connectivity index (χ2v) is 6.44. The number of carbonyl (C=O) groups excluding carboxylic acids is 1. The zero-order valence-corrected chi connectivity index (χ0v) is 11.1. The number of hydrogen-bond donors (Lipinski definition) is 1. The Morgan fingerprint density at radius 3 is 2.35 bits per heavy atom. The first-order valence-electron chi connectivity index (χ1n) is 6.26. The SMILES string of the molecule is C=C(C)C(=O)O[C@@H]1CC2CC(C2(C)C)[C@]1(C)O. The highest BCUT2D eigenvalue weighted by Crippen LogP contribution is 2.63. The zero-order valence-electron chi connectivity index (χ0n) is 11.1. The van der Waals surface area contributed by atoms with Gasteiger partial charge < -0.3 is 9.84 Å². The molecule has 3 saturated carbocycles. The Bertz CT molecular complexity index is 368. The third kappa shape index (κ3) is 1.71. The topological polar surface area (TPSA) is 46.5 Å². The van der Waals surface area contributed by atoms with E-state index in [4.69, 9.17) is 4.74 Å². The molecule has 0 aromatic carbocycles. The van der Waals surface area contributed by atoms with Crippen LogP contribution < -0.4 is 0 Å². The standard InChI is InChI=1S/C14H22O3/c1-8(2)12(15)17-11-7-9-6-10(13(9,3)4)14(11,5)16/h9-11,16H,1,6-7H2,2-5H3/t9?,10?,11-,14+/m1/s1. The molecule has 3 aliphatic carbocycles. The van der Waals surface area contributed by atoms with Gasteiger partial charge in [-0.1, -0.05) is 20.4 Å². The van der Waals surface area contributed by atoms with Gasteiger partial charge in [-0.15, -0.1) is 0 Å². The average molecular weight is 238 g/mol. The van der Waals surface area contributed by atoms with Gasteiger partial charge in [0.2, 0.25) is 0 Å². The van der Waals surface area contributed by atoms with E-state index in [1.165, 1.54) is 0 Å². The van der Waals surface area contributed by atoms with Crippen LogP contribution in [0.15, 0.2) is 12.2 Å². The van der Waals surface area contributed by atoms with Gasteiger partial charge in [0.05, 0.1) is 0 Å². The summed E-state index contributed by atoms with van der Waals surface area (Å²) in [4.78, 5) is 11.5. The van der Waals surface area contributed by atoms with Crippen molar-refractivity contribution in [2.24, 2.45) is 17.3 Å². The third-order valence-corrected chi connectivity index (χ3v) is 4.92. The molecule has 2 unspecified atom stereocenters. The van der Waals surface area contributed by atoms with Gasteiger partial charge in [0.1, 0.15) is 11.7 Å². The molecule has 0 spiro atoms. The molecule has 0 aromatic rings. The third-order valence-electron chi connectivity index (χ3n) is 4.92. The maximum atomic E-state index is 11.5. The highest BCUT2D eigenvalue weighted by atomic mass is 16.6. The molecule has 0 heterocycles. The summed E-state index contributed by atoms with van der Waals surface area (Å²) in [5.41, 5.74) is -0.363. The summed E-state index contributed by atoms with van der Waals surface area (Å²) in [6.07, 6.45) is 1.42. The highest BCUT2D eigenvalue weighted by molar-refractivity contribution is 5.87. The van der Waals surface area contributed by atoms with E-state index in [1.54, 1.807) is 13.8 Å². The molecule has 0 aliphatic heterocycles. The lowest BCUT2D eigenvalue weighted by Crippen LogP contribution is -2.67. The number of aliphatic hydroxyl groups is 1. The Balaban J connectivity index is 2.13. The second-order valence-electron chi connectivity index (χ2n) is 6.44. The fourth-order valence-electron chi connectivity index (χ4n) is 3.53. The van der Waals surface area contributed by atoms with Gasteiger partial charge >= 0.3 is 5.97 Å². The lowest BCUT2D eigenvalue weighted by Gasteiger charge is -2.64. The van der Waals surface area contributed by atoms with Crippen LogP contribution in [-0.4, -0.2) is 22.8 Å². The molecule has 0 saturated heterocycles. The van der Waals surface area contributed by atoms with Crippen molar-refractivity contribution in [2.45, 2.75) is 52.2 Å². The van der Waals surface area contributed by atoms with Crippen molar-refractivity contribution in [3.63, 3.8) is 0 Å². The van der Waals surface area contributed by atoms with E-state index in [1.807, 2.05) is 0 Å². The van der Waals surface area contributed by atoms with Crippen LogP contribution in [0.1, 0.15) is 40.5 Å². The molecule has 3 rings (SSSR count). The maximum absolute atomic E-state index is 11.5. The summed E-state index contributed by atoms with van der Waals surface area (Å²) in [6, 6.07) is 0. The molecule has 0 amide bonds. The number of carbonyl (C=O) groups is 1. The lowest BCUT2D eigenvalue weighted by atomic mass is 9.43. The van der Waals surface area contributed by atoms with E-state index in [0.29, 0.717) is 11.5 Å². The average Bonchev–Trinajstić information content (AvgIpc) is 2.19. The van der Waals surface area contributed by atoms with Crippen LogP contribution in [0.5, 0.6) is 0 Å². The first kappa shape index (κ1) is 12.6. The van der Waals surface area contributed by atoms with Crippen LogP contribution >= 0.6 is 0 Å². The second kappa shape index (κ2) is 3.58. The first-order chi connectivity index (χ1) is 7.67. The predicted molar refractivity (Wildman–Crippen MR) is 65.3 cm³/mol. The molecule has 4 atom stereocenters. The molecule has 0 aromatic heterocycles. The van der Waals surface area contributed by atoms with Gasteiger partial charge in [-0.2, -0.15) is 0 Å². The van der Waals surface area contributed by atoms with E-state index in [-0.39, 0.29) is 17.4 Å². The summed E-state index contributed by atoms with van der Waals surface area (Å²) >= 11 is 0. The van der Waals surface area contributed by atoms with Crippen LogP contribution in [-0.2, 0) is 9.53 Å². The molecule has 1 N–H and O–H groups in total. The largest absolute Gasteiger partial charge is 0.456 e. The van der Waals surface area contributed by atoms with Crippen LogP contribution in [0.2, 0.25) is 0 Å². The number of rotatable bonds is 2. The van der Waals surface area contributed by atoms with Gasteiger partial charge in [0.15, 0.2) is 0 Å². The van der Waals surface area contributed by atoms with Gasteiger partial charge in [-0.05, 0) is 43.9 Å². The van der Waals surface area contributed by atoms with Crippen molar-refractivity contribution >= 4 is 5.97 Å². The summed E-state index contributed by atoms with van der Waals surface area (Å²) in [5.74, 6) is 0.377. The van der Waals surface area contributed by atoms with Crippen LogP contribution in [0.3, 0.4) is 0 Å². The van der Waals surface area contributed by atoms with Crippen molar-refractivity contribution in [2.75, 3.05) is 0 Å². The Hall–Kier alpha value is -0.830. The minimum Gasteiger partial charge on any atom is -0.456 e. The van der Waals surface area contributed by atoms with E-state index in [9.17, 15) is 9.90 Å². The molecule has 3 nitrogen and oxygen atoms in total. The maximum Gasteiger partial charge on any atom is 0.333 e. The Morgan fingerprint density at radius 1 is 1.35 bits per heavy atom. The quantitative estimate of drug-likeness (QED) is 0.593. The van der Waals surface area contributed by atoms with E-state index < -0.39 is 11.6 Å². The van der Waals surface area contributed by atoms with Crippen molar-refractivity contribution < 1.29 is 14.6 Å². The number of fused-ring (bicyclic) bond motifs is 2. The molecule has 3 fully saturated rings. The number of hydrogen-bond acceptors (Lipinski definition) is 3. The molecule has 17 heavy (non-hydrogen) atoms. The molecule has 2 bridgehead atoms. The molecular formula is C14H22O3. The van der Waals surface area contributed by atoms with Crippen molar-refractivity contribution in [1.82, 2.24) is 0 Å². The Labute approximate surface area is 103 Å². The van der Waals surface area contributed by atoms with Crippen molar-refractivity contribution in [1.29, 1.82) is 0 Å². The van der Waals surface area contributed by atoms with Crippen molar-refractivity contribution in [3.8, 4) is 0 Å². The minimum atomic E-state index is -0.913. The smallest absolute Gasteiger partial charge is 0.333 e. The summed E-state index contributed by atoms with van der Waals surface area (Å²) in [6.45, 7) is 11.4. The molecule has 3 heteroatoms. The van der Waals surface area contributed by atoms with Crippen LogP contribution in [0.25, 0.3) is 0 Å². The minimum absolute atomic E-state index is 0.162. The predicted octanol–water partition coefficient (Wildman–Crippen LogP) is 2.29. The summed E-state index contributed by atoms with van der Waals surface area (Å²) < 4.78 is 5.37. The van der Waals surface area contributed by atoms with E-state index >= 15 is 0 Å². The monoisotopic (exact) mass is 238 g/mol.